The highest BCUT2D eigenvalue weighted by Gasteiger charge is 2.33. The van der Waals surface area contributed by atoms with Crippen molar-refractivity contribution < 1.29 is 9.53 Å². The SMILES string of the molecule is COc1cc(Br)ccc1C(=O)N(C)C(C)C1CC1. The monoisotopic (exact) mass is 311 g/mol. The molecule has 1 aliphatic rings. The summed E-state index contributed by atoms with van der Waals surface area (Å²) < 4.78 is 6.19. The van der Waals surface area contributed by atoms with E-state index in [1.807, 2.05) is 24.1 Å². The van der Waals surface area contributed by atoms with Crippen LogP contribution < -0.4 is 4.74 Å². The zero-order valence-corrected chi connectivity index (χ0v) is 12.5. The van der Waals surface area contributed by atoms with Crippen molar-refractivity contribution in [1.82, 2.24) is 4.90 Å². The average molecular weight is 312 g/mol. The first-order chi connectivity index (χ1) is 8.54. The summed E-state index contributed by atoms with van der Waals surface area (Å²) in [5.41, 5.74) is 0.621. The fourth-order valence-corrected chi connectivity index (χ4v) is 2.45. The van der Waals surface area contributed by atoms with Crippen LogP contribution in [0.1, 0.15) is 30.1 Å². The van der Waals surface area contributed by atoms with Gasteiger partial charge in [0.2, 0.25) is 0 Å². The highest BCUT2D eigenvalue weighted by atomic mass is 79.9. The second kappa shape index (κ2) is 5.31. The molecule has 1 atom stereocenters. The molecule has 1 fully saturated rings. The molecule has 0 saturated heterocycles. The van der Waals surface area contributed by atoms with Crippen molar-refractivity contribution in [2.75, 3.05) is 14.2 Å². The zero-order valence-electron chi connectivity index (χ0n) is 10.9. The minimum atomic E-state index is 0.0266. The minimum Gasteiger partial charge on any atom is -0.496 e. The Morgan fingerprint density at radius 3 is 2.72 bits per heavy atom. The van der Waals surface area contributed by atoms with Crippen LogP contribution in [0.5, 0.6) is 5.75 Å². The summed E-state index contributed by atoms with van der Waals surface area (Å²) in [7, 11) is 3.45. The van der Waals surface area contributed by atoms with Crippen LogP contribution in [0.15, 0.2) is 22.7 Å². The number of rotatable bonds is 4. The van der Waals surface area contributed by atoms with Gasteiger partial charge < -0.3 is 9.64 Å². The predicted octanol–water partition coefficient (Wildman–Crippen LogP) is 3.33. The molecule has 18 heavy (non-hydrogen) atoms. The van der Waals surface area contributed by atoms with Gasteiger partial charge in [0.05, 0.1) is 12.7 Å². The molecule has 98 valence electrons. The molecule has 0 aromatic heterocycles. The summed E-state index contributed by atoms with van der Waals surface area (Å²) in [5.74, 6) is 1.31. The van der Waals surface area contributed by atoms with E-state index in [1.165, 1.54) is 12.8 Å². The number of carbonyl (C=O) groups excluding carboxylic acids is 1. The number of methoxy groups -OCH3 is 1. The summed E-state index contributed by atoms with van der Waals surface area (Å²) >= 11 is 3.38. The standard InChI is InChI=1S/C14H18BrNO2/c1-9(10-4-5-10)16(2)14(17)12-7-6-11(15)8-13(12)18-3/h6-10H,4-5H2,1-3H3. The molecule has 1 aromatic carbocycles. The first-order valence-corrected chi connectivity index (χ1v) is 6.94. The van der Waals surface area contributed by atoms with Gasteiger partial charge in [-0.15, -0.1) is 0 Å². The number of amides is 1. The Kier molecular flexibility index (Phi) is 3.95. The summed E-state index contributed by atoms with van der Waals surface area (Å²) in [6.07, 6.45) is 2.46. The van der Waals surface area contributed by atoms with E-state index in [-0.39, 0.29) is 5.91 Å². The molecule has 1 aromatic rings. The van der Waals surface area contributed by atoms with E-state index in [0.717, 1.165) is 4.47 Å². The van der Waals surface area contributed by atoms with Crippen LogP contribution >= 0.6 is 15.9 Å². The van der Waals surface area contributed by atoms with Crippen molar-refractivity contribution in [3.63, 3.8) is 0 Å². The third-order valence-corrected chi connectivity index (χ3v) is 4.12. The summed E-state index contributed by atoms with van der Waals surface area (Å²) in [6, 6.07) is 5.79. The molecule has 1 amide bonds. The molecule has 3 nitrogen and oxygen atoms in total. The van der Waals surface area contributed by atoms with Crippen LogP contribution in [0.25, 0.3) is 0 Å². The Labute approximate surface area is 116 Å². The lowest BCUT2D eigenvalue weighted by molar-refractivity contribution is 0.0724. The molecule has 0 spiro atoms. The summed E-state index contributed by atoms with van der Waals surface area (Å²) in [6.45, 7) is 2.11. The molecule has 2 rings (SSSR count). The van der Waals surface area contributed by atoms with Crippen molar-refractivity contribution in [3.05, 3.63) is 28.2 Å². The van der Waals surface area contributed by atoms with E-state index in [9.17, 15) is 4.79 Å². The number of halogens is 1. The third-order valence-electron chi connectivity index (χ3n) is 3.63. The number of hydrogen-bond acceptors (Lipinski definition) is 2. The van der Waals surface area contributed by atoms with Gasteiger partial charge in [0.25, 0.3) is 5.91 Å². The molecule has 1 saturated carbocycles. The number of benzene rings is 1. The number of hydrogen-bond donors (Lipinski definition) is 0. The Balaban J connectivity index is 2.21. The number of ether oxygens (including phenoxy) is 1. The van der Waals surface area contributed by atoms with Crippen LogP contribution in [0.3, 0.4) is 0 Å². The van der Waals surface area contributed by atoms with Crippen LogP contribution in [0.4, 0.5) is 0 Å². The molecule has 0 radical (unpaired) electrons. The molecule has 0 bridgehead atoms. The summed E-state index contributed by atoms with van der Waals surface area (Å²) in [4.78, 5) is 14.3. The average Bonchev–Trinajstić information content (AvgIpc) is 3.20. The molecular weight excluding hydrogens is 294 g/mol. The van der Waals surface area contributed by atoms with Gasteiger partial charge in [0.15, 0.2) is 0 Å². The van der Waals surface area contributed by atoms with Crippen molar-refractivity contribution in [1.29, 1.82) is 0 Å². The van der Waals surface area contributed by atoms with Crippen LogP contribution in [-0.2, 0) is 0 Å². The number of nitrogens with zero attached hydrogens (tertiary/aromatic N) is 1. The number of carbonyl (C=O) groups is 1. The van der Waals surface area contributed by atoms with Gasteiger partial charge >= 0.3 is 0 Å². The molecule has 0 aliphatic heterocycles. The van der Waals surface area contributed by atoms with E-state index in [2.05, 4.69) is 22.9 Å². The third kappa shape index (κ3) is 2.69. The van der Waals surface area contributed by atoms with Crippen molar-refractivity contribution in [2.24, 2.45) is 5.92 Å². The summed E-state index contributed by atoms with van der Waals surface area (Å²) in [5, 5.41) is 0. The van der Waals surface area contributed by atoms with E-state index in [1.54, 1.807) is 13.2 Å². The van der Waals surface area contributed by atoms with E-state index < -0.39 is 0 Å². The highest BCUT2D eigenvalue weighted by molar-refractivity contribution is 9.10. The van der Waals surface area contributed by atoms with Gasteiger partial charge in [-0.25, -0.2) is 0 Å². The second-order valence-electron chi connectivity index (χ2n) is 4.84. The predicted molar refractivity (Wildman–Crippen MR) is 75.0 cm³/mol. The maximum atomic E-state index is 12.4. The topological polar surface area (TPSA) is 29.5 Å². The molecule has 1 unspecified atom stereocenters. The van der Waals surface area contributed by atoms with E-state index in [4.69, 9.17) is 4.74 Å². The lowest BCUT2D eigenvalue weighted by Gasteiger charge is -2.25. The van der Waals surface area contributed by atoms with Gasteiger partial charge in [0.1, 0.15) is 5.75 Å². The van der Waals surface area contributed by atoms with Crippen molar-refractivity contribution in [2.45, 2.75) is 25.8 Å². The van der Waals surface area contributed by atoms with Crippen molar-refractivity contribution in [3.8, 4) is 5.75 Å². The van der Waals surface area contributed by atoms with Gasteiger partial charge in [-0.05, 0) is 43.9 Å². The molecule has 1 aliphatic carbocycles. The maximum Gasteiger partial charge on any atom is 0.257 e. The molecule has 4 heteroatoms. The fourth-order valence-electron chi connectivity index (χ4n) is 2.11. The first kappa shape index (κ1) is 13.4. The van der Waals surface area contributed by atoms with Gasteiger partial charge in [0, 0.05) is 17.6 Å². The Bertz CT molecular complexity index is 457. The molecule has 0 N–H and O–H groups in total. The zero-order chi connectivity index (χ0) is 13.3. The lowest BCUT2D eigenvalue weighted by Crippen LogP contribution is -2.36. The van der Waals surface area contributed by atoms with Crippen LogP contribution in [-0.4, -0.2) is 31.0 Å². The fraction of sp³-hybridized carbons (Fsp3) is 0.500. The molecule has 0 heterocycles. The Morgan fingerprint density at radius 2 is 2.17 bits per heavy atom. The smallest absolute Gasteiger partial charge is 0.257 e. The Morgan fingerprint density at radius 1 is 1.50 bits per heavy atom. The Hall–Kier alpha value is -1.03. The minimum absolute atomic E-state index is 0.0266. The van der Waals surface area contributed by atoms with Crippen LogP contribution in [0.2, 0.25) is 0 Å². The maximum absolute atomic E-state index is 12.4. The van der Waals surface area contributed by atoms with Crippen molar-refractivity contribution >= 4 is 21.8 Å². The van der Waals surface area contributed by atoms with Gasteiger partial charge in [-0.1, -0.05) is 15.9 Å². The van der Waals surface area contributed by atoms with E-state index >= 15 is 0 Å². The normalized spacial score (nSPS) is 16.2. The first-order valence-electron chi connectivity index (χ1n) is 6.15. The van der Waals surface area contributed by atoms with Crippen LogP contribution in [0, 0.1) is 5.92 Å². The van der Waals surface area contributed by atoms with Gasteiger partial charge in [-0.2, -0.15) is 0 Å². The molecular formula is C14H18BrNO2. The lowest BCUT2D eigenvalue weighted by atomic mass is 10.1. The highest BCUT2D eigenvalue weighted by Crippen LogP contribution is 2.35. The van der Waals surface area contributed by atoms with E-state index in [0.29, 0.717) is 23.3 Å². The second-order valence-corrected chi connectivity index (χ2v) is 5.75. The van der Waals surface area contributed by atoms with Gasteiger partial charge in [-0.3, -0.25) is 4.79 Å². The quantitative estimate of drug-likeness (QED) is 0.853. The largest absolute Gasteiger partial charge is 0.496 e.